The van der Waals surface area contributed by atoms with Crippen molar-refractivity contribution in [2.24, 2.45) is 0 Å². The molecule has 3 rings (SSSR count). The van der Waals surface area contributed by atoms with E-state index in [1.165, 1.54) is 10.5 Å². The summed E-state index contributed by atoms with van der Waals surface area (Å²) in [4.78, 5) is 14.9. The summed E-state index contributed by atoms with van der Waals surface area (Å²) in [5.74, 6) is 0.0715. The van der Waals surface area contributed by atoms with Gasteiger partial charge in [0.1, 0.15) is 0 Å². The highest BCUT2D eigenvalue weighted by Crippen LogP contribution is 2.47. The first-order valence-corrected chi connectivity index (χ1v) is 8.02. The van der Waals surface area contributed by atoms with Gasteiger partial charge < -0.3 is 10.2 Å². The number of rotatable bonds is 4. The molecule has 1 aliphatic heterocycles. The summed E-state index contributed by atoms with van der Waals surface area (Å²) in [7, 11) is 1.91. The molecule has 1 N–H and O–H groups in total. The van der Waals surface area contributed by atoms with Gasteiger partial charge >= 0.3 is 0 Å². The number of hydrogen-bond donors (Lipinski definition) is 1. The van der Waals surface area contributed by atoms with Crippen LogP contribution in [0.25, 0.3) is 0 Å². The number of hydrogen-bond acceptors (Lipinski definition) is 4. The standard InChI is InChI=1S/C18H18N2OS/c1-13(21)10-18-20(12-14-6-4-3-5-7-14)16-11-15(19-2)8-9-17(16)22-18/h3-11,19H,12H2,1-2H3. The minimum absolute atomic E-state index is 0.0715. The van der Waals surface area contributed by atoms with Crippen molar-refractivity contribution >= 4 is 28.9 Å². The van der Waals surface area contributed by atoms with E-state index in [-0.39, 0.29) is 5.78 Å². The Balaban J connectivity index is 2.00. The molecular formula is C18H18N2OS. The molecule has 0 unspecified atom stereocenters. The zero-order valence-corrected chi connectivity index (χ0v) is 13.5. The molecule has 112 valence electrons. The second-order valence-corrected chi connectivity index (χ2v) is 6.26. The van der Waals surface area contributed by atoms with Crippen molar-refractivity contribution in [1.82, 2.24) is 0 Å². The number of thioether (sulfide) groups is 1. The lowest BCUT2D eigenvalue weighted by Gasteiger charge is -2.21. The van der Waals surface area contributed by atoms with Crippen LogP contribution in [0.15, 0.2) is 64.5 Å². The number of fused-ring (bicyclic) bond motifs is 1. The van der Waals surface area contributed by atoms with E-state index in [1.807, 2.05) is 25.2 Å². The molecule has 0 bridgehead atoms. The highest BCUT2D eigenvalue weighted by Gasteiger charge is 2.25. The van der Waals surface area contributed by atoms with Crippen molar-refractivity contribution in [1.29, 1.82) is 0 Å². The summed E-state index contributed by atoms with van der Waals surface area (Å²) in [6.07, 6.45) is 1.71. The van der Waals surface area contributed by atoms with Gasteiger partial charge in [0.2, 0.25) is 0 Å². The van der Waals surface area contributed by atoms with Crippen LogP contribution in [0.4, 0.5) is 11.4 Å². The van der Waals surface area contributed by atoms with Crippen LogP contribution in [0.3, 0.4) is 0 Å². The van der Waals surface area contributed by atoms with Gasteiger partial charge in [0.05, 0.1) is 10.7 Å². The van der Waals surface area contributed by atoms with Gasteiger partial charge in [-0.15, -0.1) is 0 Å². The third-order valence-electron chi connectivity index (χ3n) is 3.53. The molecule has 4 heteroatoms. The monoisotopic (exact) mass is 310 g/mol. The Bertz CT molecular complexity index is 725. The fourth-order valence-electron chi connectivity index (χ4n) is 2.47. The number of allylic oxidation sites excluding steroid dienone is 1. The molecule has 0 amide bonds. The minimum atomic E-state index is 0.0715. The summed E-state index contributed by atoms with van der Waals surface area (Å²) in [5.41, 5.74) is 3.44. The lowest BCUT2D eigenvalue weighted by molar-refractivity contribution is -0.112. The maximum Gasteiger partial charge on any atom is 0.155 e. The largest absolute Gasteiger partial charge is 0.388 e. The van der Waals surface area contributed by atoms with Crippen molar-refractivity contribution in [2.45, 2.75) is 18.4 Å². The molecule has 22 heavy (non-hydrogen) atoms. The number of benzene rings is 2. The number of nitrogens with one attached hydrogen (secondary N) is 1. The van der Waals surface area contributed by atoms with Gasteiger partial charge in [-0.05, 0) is 30.7 Å². The molecule has 0 spiro atoms. The van der Waals surface area contributed by atoms with Gasteiger partial charge in [-0.25, -0.2) is 0 Å². The number of anilines is 2. The van der Waals surface area contributed by atoms with Crippen LogP contribution in [-0.4, -0.2) is 12.8 Å². The van der Waals surface area contributed by atoms with E-state index in [0.29, 0.717) is 0 Å². The lowest BCUT2D eigenvalue weighted by atomic mass is 10.2. The molecule has 1 aliphatic rings. The van der Waals surface area contributed by atoms with Gasteiger partial charge in [-0.3, -0.25) is 4.79 Å². The van der Waals surface area contributed by atoms with Gasteiger partial charge in [0, 0.05) is 30.3 Å². The van der Waals surface area contributed by atoms with Crippen molar-refractivity contribution in [2.75, 3.05) is 17.3 Å². The maximum atomic E-state index is 11.5. The molecule has 0 aliphatic carbocycles. The van der Waals surface area contributed by atoms with E-state index in [9.17, 15) is 4.79 Å². The number of nitrogens with zero attached hydrogens (tertiary/aromatic N) is 1. The zero-order chi connectivity index (χ0) is 15.5. The van der Waals surface area contributed by atoms with Gasteiger partial charge in [0.25, 0.3) is 0 Å². The molecule has 2 aromatic carbocycles. The SMILES string of the molecule is CNc1ccc2c(c1)N(Cc1ccccc1)C(=CC(C)=O)S2. The summed E-state index contributed by atoms with van der Waals surface area (Å²) >= 11 is 1.65. The molecule has 0 fully saturated rings. The third kappa shape index (κ3) is 3.02. The molecule has 0 aromatic heterocycles. The molecule has 0 atom stereocenters. The van der Waals surface area contributed by atoms with Crippen molar-refractivity contribution in [3.63, 3.8) is 0 Å². The topological polar surface area (TPSA) is 32.3 Å². The molecule has 1 heterocycles. The van der Waals surface area contributed by atoms with Crippen LogP contribution in [0, 0.1) is 0 Å². The second-order valence-electron chi connectivity index (χ2n) is 5.20. The first kappa shape index (κ1) is 14.7. The van der Waals surface area contributed by atoms with Crippen LogP contribution in [0.1, 0.15) is 12.5 Å². The minimum Gasteiger partial charge on any atom is -0.388 e. The second kappa shape index (κ2) is 6.28. The fourth-order valence-corrected chi connectivity index (χ4v) is 3.60. The van der Waals surface area contributed by atoms with Crippen molar-refractivity contribution in [3.05, 3.63) is 65.2 Å². The lowest BCUT2D eigenvalue weighted by Crippen LogP contribution is -2.17. The molecule has 0 radical (unpaired) electrons. The van der Waals surface area contributed by atoms with E-state index in [4.69, 9.17) is 0 Å². The van der Waals surface area contributed by atoms with Crippen LogP contribution < -0.4 is 10.2 Å². The smallest absolute Gasteiger partial charge is 0.155 e. The number of carbonyl (C=O) groups excluding carboxylic acids is 1. The summed E-state index contributed by atoms with van der Waals surface area (Å²) < 4.78 is 0. The summed E-state index contributed by atoms with van der Waals surface area (Å²) in [6, 6.07) is 16.6. The number of carbonyl (C=O) groups is 1. The molecule has 2 aromatic rings. The van der Waals surface area contributed by atoms with Crippen LogP contribution >= 0.6 is 11.8 Å². The molecular weight excluding hydrogens is 292 g/mol. The Morgan fingerprint density at radius 3 is 2.68 bits per heavy atom. The van der Waals surface area contributed by atoms with Crippen molar-refractivity contribution in [3.8, 4) is 0 Å². The highest BCUT2D eigenvalue weighted by molar-refractivity contribution is 8.03. The van der Waals surface area contributed by atoms with E-state index in [1.54, 1.807) is 24.8 Å². The zero-order valence-electron chi connectivity index (χ0n) is 12.7. The van der Waals surface area contributed by atoms with E-state index in [0.717, 1.165) is 22.9 Å². The van der Waals surface area contributed by atoms with Crippen molar-refractivity contribution < 1.29 is 4.79 Å². The molecule has 0 saturated heterocycles. The first-order chi connectivity index (χ1) is 10.7. The van der Waals surface area contributed by atoms with E-state index in [2.05, 4.69) is 40.5 Å². The normalized spacial score (nSPS) is 15.0. The Labute approximate surface area is 135 Å². The summed E-state index contributed by atoms with van der Waals surface area (Å²) in [6.45, 7) is 2.35. The van der Waals surface area contributed by atoms with Crippen LogP contribution in [0.5, 0.6) is 0 Å². The average molecular weight is 310 g/mol. The molecule has 0 saturated carbocycles. The van der Waals surface area contributed by atoms with E-state index >= 15 is 0 Å². The summed E-state index contributed by atoms with van der Waals surface area (Å²) in [5, 5.41) is 4.16. The predicted octanol–water partition coefficient (Wildman–Crippen LogP) is 4.27. The Hall–Kier alpha value is -2.20. The maximum absolute atomic E-state index is 11.5. The Morgan fingerprint density at radius 1 is 1.23 bits per heavy atom. The Morgan fingerprint density at radius 2 is 2.00 bits per heavy atom. The Kier molecular flexibility index (Phi) is 4.20. The predicted molar refractivity (Wildman–Crippen MR) is 93.2 cm³/mol. The fraction of sp³-hybridized carbons (Fsp3) is 0.167. The van der Waals surface area contributed by atoms with Gasteiger partial charge in [-0.2, -0.15) is 0 Å². The van der Waals surface area contributed by atoms with Crippen LogP contribution in [0.2, 0.25) is 0 Å². The first-order valence-electron chi connectivity index (χ1n) is 7.21. The quantitative estimate of drug-likeness (QED) is 0.855. The van der Waals surface area contributed by atoms with Gasteiger partial charge in [-0.1, -0.05) is 42.1 Å². The average Bonchev–Trinajstić information content (AvgIpc) is 2.84. The van der Waals surface area contributed by atoms with Gasteiger partial charge in [0.15, 0.2) is 5.78 Å². The van der Waals surface area contributed by atoms with E-state index < -0.39 is 0 Å². The highest BCUT2D eigenvalue weighted by atomic mass is 32.2. The number of ketones is 1. The third-order valence-corrected chi connectivity index (χ3v) is 4.64. The molecule has 3 nitrogen and oxygen atoms in total. The van der Waals surface area contributed by atoms with Crippen LogP contribution in [-0.2, 0) is 11.3 Å².